The van der Waals surface area contributed by atoms with Gasteiger partial charge in [0.1, 0.15) is 0 Å². The zero-order chi connectivity index (χ0) is 16.4. The van der Waals surface area contributed by atoms with Crippen molar-refractivity contribution in [1.82, 2.24) is 15.1 Å². The molecule has 0 aliphatic carbocycles. The highest BCUT2D eigenvalue weighted by molar-refractivity contribution is 5.89. The minimum Gasteiger partial charge on any atom is -0.338 e. The van der Waals surface area contributed by atoms with E-state index >= 15 is 0 Å². The molecule has 0 saturated carbocycles. The maximum absolute atomic E-state index is 12.7. The number of aryl methyl sites for hydroxylation is 1. The molecule has 2 amide bonds. The van der Waals surface area contributed by atoms with Gasteiger partial charge in [-0.2, -0.15) is 0 Å². The Morgan fingerprint density at radius 2 is 2.00 bits per heavy atom. The van der Waals surface area contributed by atoms with Crippen LogP contribution in [0, 0.1) is 12.8 Å². The van der Waals surface area contributed by atoms with Crippen molar-refractivity contribution in [3.05, 3.63) is 35.4 Å². The lowest BCUT2D eigenvalue weighted by Crippen LogP contribution is -2.54. The number of hydrogen-bond acceptors (Lipinski definition) is 3. The van der Waals surface area contributed by atoms with Crippen LogP contribution in [0.2, 0.25) is 0 Å². The zero-order valence-electron chi connectivity index (χ0n) is 14.3. The van der Waals surface area contributed by atoms with Gasteiger partial charge in [-0.15, -0.1) is 12.4 Å². The van der Waals surface area contributed by atoms with Gasteiger partial charge in [-0.1, -0.05) is 29.8 Å². The van der Waals surface area contributed by atoms with Gasteiger partial charge in [0.05, 0.1) is 5.92 Å². The summed E-state index contributed by atoms with van der Waals surface area (Å²) in [6, 6.07) is 8.42. The average molecular weight is 352 g/mol. The van der Waals surface area contributed by atoms with Gasteiger partial charge in [-0.3, -0.25) is 9.59 Å². The van der Waals surface area contributed by atoms with Gasteiger partial charge in [0.25, 0.3) is 0 Å². The standard InChI is InChI=1S/C18H25N3O2.ClH/c1-13-3-5-15(6-4-13)11-20-12-16(9-17(20)22)18(23)21-8-7-19-10-14(21)2;/h3-6,14,16,19H,7-12H2,1-2H3;1H/t14-,16?;/m1./s1. The predicted octanol–water partition coefficient (Wildman–Crippen LogP) is 1.59. The van der Waals surface area contributed by atoms with E-state index in [1.807, 2.05) is 16.7 Å². The number of likely N-dealkylation sites (tertiary alicyclic amines) is 1. The molecule has 1 N–H and O–H groups in total. The van der Waals surface area contributed by atoms with E-state index < -0.39 is 0 Å². The fraction of sp³-hybridized carbons (Fsp3) is 0.556. The fourth-order valence-corrected chi connectivity index (χ4v) is 3.41. The van der Waals surface area contributed by atoms with E-state index in [2.05, 4.69) is 36.5 Å². The topological polar surface area (TPSA) is 52.7 Å². The zero-order valence-corrected chi connectivity index (χ0v) is 15.1. The summed E-state index contributed by atoms with van der Waals surface area (Å²) < 4.78 is 0. The van der Waals surface area contributed by atoms with Crippen LogP contribution in [0.25, 0.3) is 0 Å². The van der Waals surface area contributed by atoms with E-state index in [1.54, 1.807) is 0 Å². The smallest absolute Gasteiger partial charge is 0.228 e. The molecule has 2 fully saturated rings. The van der Waals surface area contributed by atoms with Gasteiger partial charge in [0.2, 0.25) is 11.8 Å². The first-order valence-corrected chi connectivity index (χ1v) is 8.39. The SMILES string of the molecule is Cc1ccc(CN2CC(C(=O)N3CCNC[C@H]3C)CC2=O)cc1.Cl. The van der Waals surface area contributed by atoms with Crippen molar-refractivity contribution in [1.29, 1.82) is 0 Å². The number of carbonyl (C=O) groups excluding carboxylic acids is 2. The number of benzene rings is 1. The van der Waals surface area contributed by atoms with E-state index in [1.165, 1.54) is 5.56 Å². The van der Waals surface area contributed by atoms with Gasteiger partial charge in [-0.05, 0) is 19.4 Å². The highest BCUT2D eigenvalue weighted by Gasteiger charge is 2.38. The van der Waals surface area contributed by atoms with Gasteiger partial charge in [0, 0.05) is 45.2 Å². The molecule has 3 rings (SSSR count). The number of amides is 2. The van der Waals surface area contributed by atoms with Crippen LogP contribution >= 0.6 is 12.4 Å². The third-order valence-electron chi connectivity index (χ3n) is 4.84. The van der Waals surface area contributed by atoms with Crippen LogP contribution < -0.4 is 5.32 Å². The second-order valence-electron chi connectivity index (χ2n) is 6.75. The van der Waals surface area contributed by atoms with Crippen molar-refractivity contribution in [3.63, 3.8) is 0 Å². The minimum absolute atomic E-state index is 0. The number of nitrogens with one attached hydrogen (secondary N) is 1. The predicted molar refractivity (Wildman–Crippen MR) is 96.0 cm³/mol. The molecule has 2 heterocycles. The van der Waals surface area contributed by atoms with Gasteiger partial charge < -0.3 is 15.1 Å². The summed E-state index contributed by atoms with van der Waals surface area (Å²) in [6.07, 6.45) is 0.349. The lowest BCUT2D eigenvalue weighted by atomic mass is 10.1. The van der Waals surface area contributed by atoms with Gasteiger partial charge in [0.15, 0.2) is 0 Å². The van der Waals surface area contributed by atoms with Gasteiger partial charge >= 0.3 is 0 Å². The molecule has 2 saturated heterocycles. The molecular formula is C18H26ClN3O2. The fourth-order valence-electron chi connectivity index (χ4n) is 3.41. The highest BCUT2D eigenvalue weighted by atomic mass is 35.5. The summed E-state index contributed by atoms with van der Waals surface area (Å²) in [5, 5.41) is 3.29. The number of nitrogens with zero attached hydrogens (tertiary/aromatic N) is 2. The number of rotatable bonds is 3. The van der Waals surface area contributed by atoms with Crippen molar-refractivity contribution >= 4 is 24.2 Å². The Labute approximate surface area is 149 Å². The average Bonchev–Trinajstić information content (AvgIpc) is 2.90. The summed E-state index contributed by atoms with van der Waals surface area (Å²) in [7, 11) is 0. The monoisotopic (exact) mass is 351 g/mol. The normalized spacial score (nSPS) is 24.0. The van der Waals surface area contributed by atoms with Crippen molar-refractivity contribution in [2.45, 2.75) is 32.9 Å². The second-order valence-corrected chi connectivity index (χ2v) is 6.75. The molecule has 132 valence electrons. The summed E-state index contributed by atoms with van der Waals surface area (Å²) in [4.78, 5) is 28.7. The van der Waals surface area contributed by atoms with Gasteiger partial charge in [-0.25, -0.2) is 0 Å². The summed E-state index contributed by atoms with van der Waals surface area (Å²) in [6.45, 7) is 7.66. The third kappa shape index (κ3) is 4.08. The van der Waals surface area contributed by atoms with E-state index in [4.69, 9.17) is 0 Å². The molecule has 0 aromatic heterocycles. The molecule has 0 radical (unpaired) electrons. The Morgan fingerprint density at radius 3 is 2.67 bits per heavy atom. The lowest BCUT2D eigenvalue weighted by molar-refractivity contribution is -0.138. The highest BCUT2D eigenvalue weighted by Crippen LogP contribution is 2.23. The summed E-state index contributed by atoms with van der Waals surface area (Å²) in [5.74, 6) is 0.0407. The van der Waals surface area contributed by atoms with E-state index in [0.29, 0.717) is 19.5 Å². The third-order valence-corrected chi connectivity index (χ3v) is 4.84. The molecule has 1 aromatic carbocycles. The van der Waals surface area contributed by atoms with E-state index in [9.17, 15) is 9.59 Å². The maximum atomic E-state index is 12.7. The Bertz CT molecular complexity index is 590. The van der Waals surface area contributed by atoms with Crippen LogP contribution in [0.3, 0.4) is 0 Å². The van der Waals surface area contributed by atoms with Crippen molar-refractivity contribution in [2.75, 3.05) is 26.2 Å². The molecule has 2 aliphatic rings. The van der Waals surface area contributed by atoms with Crippen LogP contribution in [0.5, 0.6) is 0 Å². The summed E-state index contributed by atoms with van der Waals surface area (Å²) in [5.41, 5.74) is 2.33. The molecule has 2 atom stereocenters. The van der Waals surface area contributed by atoms with E-state index in [-0.39, 0.29) is 36.2 Å². The molecule has 24 heavy (non-hydrogen) atoms. The maximum Gasteiger partial charge on any atom is 0.228 e. The summed E-state index contributed by atoms with van der Waals surface area (Å²) >= 11 is 0. The van der Waals surface area contributed by atoms with Crippen molar-refractivity contribution in [3.8, 4) is 0 Å². The molecule has 5 nitrogen and oxygen atoms in total. The van der Waals surface area contributed by atoms with Crippen LogP contribution in [-0.2, 0) is 16.1 Å². The first-order valence-electron chi connectivity index (χ1n) is 8.39. The number of piperazine rings is 1. The van der Waals surface area contributed by atoms with Crippen LogP contribution in [0.4, 0.5) is 0 Å². The molecule has 6 heteroatoms. The van der Waals surface area contributed by atoms with Crippen molar-refractivity contribution < 1.29 is 9.59 Å². The molecule has 1 unspecified atom stereocenters. The Kier molecular flexibility index (Phi) is 6.24. The Hall–Kier alpha value is -1.59. The van der Waals surface area contributed by atoms with Crippen LogP contribution in [-0.4, -0.2) is 53.8 Å². The number of carbonyl (C=O) groups is 2. The quantitative estimate of drug-likeness (QED) is 0.899. The Balaban J connectivity index is 0.00000208. The molecule has 2 aliphatic heterocycles. The lowest BCUT2D eigenvalue weighted by Gasteiger charge is -2.35. The van der Waals surface area contributed by atoms with E-state index in [0.717, 1.165) is 25.2 Å². The number of hydrogen-bond donors (Lipinski definition) is 1. The van der Waals surface area contributed by atoms with Crippen LogP contribution in [0.15, 0.2) is 24.3 Å². The molecular weight excluding hydrogens is 326 g/mol. The Morgan fingerprint density at radius 1 is 1.29 bits per heavy atom. The second kappa shape index (κ2) is 7.99. The largest absolute Gasteiger partial charge is 0.338 e. The molecule has 0 bridgehead atoms. The number of halogens is 1. The van der Waals surface area contributed by atoms with Crippen molar-refractivity contribution in [2.24, 2.45) is 5.92 Å². The minimum atomic E-state index is -0.187. The van der Waals surface area contributed by atoms with Crippen LogP contribution in [0.1, 0.15) is 24.5 Å². The molecule has 1 aromatic rings. The first kappa shape index (κ1) is 18.7. The molecule has 0 spiro atoms. The first-order chi connectivity index (χ1) is 11.0.